The highest BCUT2D eigenvalue weighted by molar-refractivity contribution is 5.83. The maximum absolute atomic E-state index is 14.4. The molecule has 7 nitrogen and oxygen atoms in total. The van der Waals surface area contributed by atoms with Gasteiger partial charge in [0, 0.05) is 5.56 Å². The van der Waals surface area contributed by atoms with E-state index in [9.17, 15) is 4.39 Å². The van der Waals surface area contributed by atoms with Gasteiger partial charge in [-0.05, 0) is 18.6 Å². The quantitative estimate of drug-likeness (QED) is 0.446. The number of para-hydroxylation sites is 1. The van der Waals surface area contributed by atoms with Gasteiger partial charge in [-0.15, -0.1) is 0 Å². The van der Waals surface area contributed by atoms with Gasteiger partial charge in [-0.2, -0.15) is 0 Å². The fraction of sp³-hybridized carbons (Fsp3) is 0.136. The number of hydrogen-bond acceptors (Lipinski definition) is 6. The number of aromatic amines is 1. The van der Waals surface area contributed by atoms with Crippen molar-refractivity contribution >= 4 is 28.0 Å². The molecule has 0 fully saturated rings. The molecule has 8 heteroatoms. The molecule has 1 unspecified atom stereocenters. The zero-order valence-electron chi connectivity index (χ0n) is 16.2. The summed E-state index contributed by atoms with van der Waals surface area (Å²) in [5.74, 6) is 0.215. The van der Waals surface area contributed by atoms with Crippen molar-refractivity contribution in [1.82, 2.24) is 29.9 Å². The first-order valence-electron chi connectivity index (χ1n) is 9.66. The molecule has 2 N–H and O–H groups in total. The molecule has 0 bridgehead atoms. The van der Waals surface area contributed by atoms with Crippen molar-refractivity contribution in [2.45, 2.75) is 19.4 Å². The molecule has 5 rings (SSSR count). The highest BCUT2D eigenvalue weighted by atomic mass is 19.1. The molecule has 5 aromatic rings. The van der Waals surface area contributed by atoms with E-state index in [1.54, 1.807) is 18.5 Å². The summed E-state index contributed by atoms with van der Waals surface area (Å²) in [6, 6.07) is 14.3. The van der Waals surface area contributed by atoms with Gasteiger partial charge in [0.05, 0.1) is 29.3 Å². The minimum absolute atomic E-state index is 0.213. The molecule has 3 aromatic heterocycles. The number of hydrogen-bond donors (Lipinski definition) is 2. The molecule has 0 aliphatic rings. The van der Waals surface area contributed by atoms with E-state index < -0.39 is 5.82 Å². The molecule has 2 aromatic carbocycles. The normalized spacial score (nSPS) is 12.3. The van der Waals surface area contributed by atoms with E-state index in [-0.39, 0.29) is 11.6 Å². The number of aromatic nitrogens is 6. The number of nitrogens with zero attached hydrogens (tertiary/aromatic N) is 5. The number of nitrogens with one attached hydrogen (secondary N) is 2. The van der Waals surface area contributed by atoms with Crippen LogP contribution in [0.1, 0.15) is 25.1 Å². The zero-order valence-corrected chi connectivity index (χ0v) is 16.2. The molecule has 0 aliphatic carbocycles. The molecule has 0 saturated heterocycles. The third kappa shape index (κ3) is 3.12. The fourth-order valence-electron chi connectivity index (χ4n) is 3.51. The van der Waals surface area contributed by atoms with Crippen molar-refractivity contribution in [2.24, 2.45) is 0 Å². The van der Waals surface area contributed by atoms with Gasteiger partial charge in [-0.3, -0.25) is 0 Å². The Morgan fingerprint density at radius 2 is 1.83 bits per heavy atom. The van der Waals surface area contributed by atoms with Crippen LogP contribution in [0.5, 0.6) is 0 Å². The van der Waals surface area contributed by atoms with Gasteiger partial charge in [0.15, 0.2) is 17.3 Å². The summed E-state index contributed by atoms with van der Waals surface area (Å²) in [4.78, 5) is 25.3. The molecule has 0 saturated carbocycles. The molecule has 30 heavy (non-hydrogen) atoms. The summed E-state index contributed by atoms with van der Waals surface area (Å²) >= 11 is 0. The van der Waals surface area contributed by atoms with Crippen molar-refractivity contribution in [3.8, 4) is 11.3 Å². The van der Waals surface area contributed by atoms with Gasteiger partial charge in [-0.25, -0.2) is 29.3 Å². The number of anilines is 1. The Morgan fingerprint density at radius 1 is 0.967 bits per heavy atom. The smallest absolute Gasteiger partial charge is 0.162 e. The molecule has 148 valence electrons. The van der Waals surface area contributed by atoms with Crippen molar-refractivity contribution in [2.75, 3.05) is 5.32 Å². The van der Waals surface area contributed by atoms with Gasteiger partial charge in [-0.1, -0.05) is 43.3 Å². The van der Waals surface area contributed by atoms with Crippen LogP contribution in [-0.2, 0) is 0 Å². The van der Waals surface area contributed by atoms with Crippen molar-refractivity contribution in [1.29, 1.82) is 0 Å². The highest BCUT2D eigenvalue weighted by Gasteiger charge is 2.22. The SMILES string of the molecule is CCC(Nc1ncnc2[nH]cnc12)c1nc2cccc(F)c2nc1-c1ccccc1. The summed E-state index contributed by atoms with van der Waals surface area (Å²) in [5.41, 5.74) is 4.31. The van der Waals surface area contributed by atoms with Crippen LogP contribution in [0.3, 0.4) is 0 Å². The second-order valence-electron chi connectivity index (χ2n) is 6.86. The van der Waals surface area contributed by atoms with Crippen LogP contribution in [0.15, 0.2) is 61.2 Å². The van der Waals surface area contributed by atoms with Gasteiger partial charge >= 0.3 is 0 Å². The number of H-pyrrole nitrogens is 1. The van der Waals surface area contributed by atoms with Crippen LogP contribution < -0.4 is 5.32 Å². The number of fused-ring (bicyclic) bond motifs is 2. The van der Waals surface area contributed by atoms with Crippen LogP contribution in [0.25, 0.3) is 33.5 Å². The Bertz CT molecular complexity index is 1330. The van der Waals surface area contributed by atoms with Gasteiger partial charge in [0.25, 0.3) is 0 Å². The lowest BCUT2D eigenvalue weighted by Crippen LogP contribution is -2.15. The third-order valence-corrected chi connectivity index (χ3v) is 4.99. The molecule has 0 amide bonds. The standard InChI is InChI=1S/C22H18FN7/c1-2-15(29-22-20-21(25-11-24-20)26-12-27-22)19-17(13-7-4-3-5-8-13)30-18-14(23)9-6-10-16(18)28-19/h3-12,15H,2H2,1H3,(H2,24,25,26,27,29). The Balaban J connectivity index is 1.68. The molecule has 0 radical (unpaired) electrons. The number of rotatable bonds is 5. The van der Waals surface area contributed by atoms with Gasteiger partial charge < -0.3 is 10.3 Å². The van der Waals surface area contributed by atoms with E-state index in [4.69, 9.17) is 4.98 Å². The van der Waals surface area contributed by atoms with Crippen LogP contribution >= 0.6 is 0 Å². The van der Waals surface area contributed by atoms with Crippen molar-refractivity contribution in [3.63, 3.8) is 0 Å². The summed E-state index contributed by atoms with van der Waals surface area (Å²) in [5, 5.41) is 3.43. The van der Waals surface area contributed by atoms with Gasteiger partial charge in [0.1, 0.15) is 17.4 Å². The van der Waals surface area contributed by atoms with Crippen LogP contribution in [-0.4, -0.2) is 29.9 Å². The number of imidazole rings is 1. The summed E-state index contributed by atoms with van der Waals surface area (Å²) in [7, 11) is 0. The van der Waals surface area contributed by atoms with Crippen LogP contribution in [0.4, 0.5) is 10.2 Å². The van der Waals surface area contributed by atoms with E-state index in [2.05, 4.69) is 30.2 Å². The maximum atomic E-state index is 14.4. The lowest BCUT2D eigenvalue weighted by atomic mass is 10.0. The Morgan fingerprint density at radius 3 is 2.67 bits per heavy atom. The average Bonchev–Trinajstić information content (AvgIpc) is 3.27. The van der Waals surface area contributed by atoms with Crippen LogP contribution in [0.2, 0.25) is 0 Å². The zero-order chi connectivity index (χ0) is 20.5. The first-order valence-corrected chi connectivity index (χ1v) is 9.66. The lowest BCUT2D eigenvalue weighted by Gasteiger charge is -2.20. The predicted octanol–water partition coefficient (Wildman–Crippen LogP) is 4.67. The molecule has 0 spiro atoms. The van der Waals surface area contributed by atoms with Gasteiger partial charge in [0.2, 0.25) is 0 Å². The van der Waals surface area contributed by atoms with Crippen LogP contribution in [0, 0.1) is 5.82 Å². The molecule has 1 atom stereocenters. The average molecular weight is 399 g/mol. The lowest BCUT2D eigenvalue weighted by molar-refractivity contribution is 0.635. The summed E-state index contributed by atoms with van der Waals surface area (Å²) < 4.78 is 14.4. The first-order chi connectivity index (χ1) is 14.7. The summed E-state index contributed by atoms with van der Waals surface area (Å²) in [6.45, 7) is 2.05. The molecule has 3 heterocycles. The summed E-state index contributed by atoms with van der Waals surface area (Å²) in [6.07, 6.45) is 3.78. The van der Waals surface area contributed by atoms with E-state index in [0.29, 0.717) is 34.6 Å². The monoisotopic (exact) mass is 399 g/mol. The van der Waals surface area contributed by atoms with E-state index in [0.717, 1.165) is 11.3 Å². The Labute approximate surface area is 171 Å². The van der Waals surface area contributed by atoms with Crippen molar-refractivity contribution < 1.29 is 4.39 Å². The van der Waals surface area contributed by atoms with E-state index in [1.807, 2.05) is 37.3 Å². The second-order valence-corrected chi connectivity index (χ2v) is 6.86. The Hall–Kier alpha value is -3.94. The van der Waals surface area contributed by atoms with E-state index >= 15 is 0 Å². The van der Waals surface area contributed by atoms with Crippen molar-refractivity contribution in [3.05, 3.63) is 72.7 Å². The second kappa shape index (κ2) is 7.47. The molecule has 0 aliphatic heterocycles. The molecular formula is C22H18FN7. The number of halogens is 1. The maximum Gasteiger partial charge on any atom is 0.162 e. The molecular weight excluding hydrogens is 381 g/mol. The third-order valence-electron chi connectivity index (χ3n) is 4.99. The number of benzene rings is 2. The topological polar surface area (TPSA) is 92.3 Å². The highest BCUT2D eigenvalue weighted by Crippen LogP contribution is 2.32. The minimum Gasteiger partial charge on any atom is -0.360 e. The first kappa shape index (κ1) is 18.1. The minimum atomic E-state index is -0.390. The predicted molar refractivity (Wildman–Crippen MR) is 113 cm³/mol. The fourth-order valence-corrected chi connectivity index (χ4v) is 3.51. The largest absolute Gasteiger partial charge is 0.360 e. The van der Waals surface area contributed by atoms with E-state index in [1.165, 1.54) is 12.4 Å². The Kier molecular flexibility index (Phi) is 4.51.